The predicted octanol–water partition coefficient (Wildman–Crippen LogP) is 1.13. The van der Waals surface area contributed by atoms with Gasteiger partial charge >= 0.3 is 17.9 Å². The van der Waals surface area contributed by atoms with Crippen LogP contribution in [0.5, 0.6) is 0 Å². The van der Waals surface area contributed by atoms with Gasteiger partial charge in [0.15, 0.2) is 0 Å². The van der Waals surface area contributed by atoms with Crippen molar-refractivity contribution in [2.45, 2.75) is 96.7 Å². The number of rotatable bonds is 15. The Balaban J connectivity index is 3.13. The quantitative estimate of drug-likeness (QED) is 0.186. The molecule has 204 valence electrons. The van der Waals surface area contributed by atoms with Crippen molar-refractivity contribution in [3.05, 3.63) is 0 Å². The molecule has 0 spiro atoms. The van der Waals surface area contributed by atoms with Crippen LogP contribution in [0, 0.1) is 17.8 Å². The molecule has 0 saturated heterocycles. The minimum absolute atomic E-state index is 0.00962. The molecule has 0 aliphatic heterocycles. The molecule has 36 heavy (non-hydrogen) atoms. The number of hydrogen-bond acceptors (Lipinski definition) is 6. The molecule has 3 amide bonds. The summed E-state index contributed by atoms with van der Waals surface area (Å²) in [7, 11) is 0. The lowest BCUT2D eigenvalue weighted by Gasteiger charge is -2.34. The van der Waals surface area contributed by atoms with Crippen molar-refractivity contribution >= 4 is 35.6 Å². The van der Waals surface area contributed by atoms with Crippen molar-refractivity contribution in [3.63, 3.8) is 0 Å². The zero-order chi connectivity index (χ0) is 27.4. The van der Waals surface area contributed by atoms with Crippen LogP contribution in [-0.4, -0.2) is 69.1 Å². The van der Waals surface area contributed by atoms with Crippen LogP contribution < -0.4 is 16.0 Å². The van der Waals surface area contributed by atoms with Gasteiger partial charge in [-0.2, -0.15) is 0 Å². The average Bonchev–Trinajstić information content (AvgIpc) is 2.82. The van der Waals surface area contributed by atoms with E-state index >= 15 is 0 Å². The summed E-state index contributed by atoms with van der Waals surface area (Å²) in [6.07, 6.45) is 2.18. The van der Waals surface area contributed by atoms with Gasteiger partial charge < -0.3 is 31.3 Å². The van der Waals surface area contributed by atoms with Crippen molar-refractivity contribution in [1.29, 1.82) is 0 Å². The minimum Gasteiger partial charge on any atom is -0.480 e. The monoisotopic (exact) mass is 513 g/mol. The summed E-state index contributed by atoms with van der Waals surface area (Å²) >= 11 is 0. The maximum atomic E-state index is 13.0. The molecule has 0 aromatic rings. The number of carboxylic acids is 3. The van der Waals surface area contributed by atoms with Crippen LogP contribution in [0.25, 0.3) is 0 Å². The Bertz CT molecular complexity index is 706. The molecule has 0 heterocycles. The predicted molar refractivity (Wildman–Crippen MR) is 128 cm³/mol. The van der Waals surface area contributed by atoms with Crippen LogP contribution in [0.3, 0.4) is 0 Å². The van der Waals surface area contributed by atoms with Crippen molar-refractivity contribution < 1.29 is 44.1 Å². The van der Waals surface area contributed by atoms with Gasteiger partial charge in [0.25, 0.3) is 0 Å². The van der Waals surface area contributed by atoms with Crippen molar-refractivity contribution in [2.24, 2.45) is 17.8 Å². The molecule has 1 aliphatic rings. The third kappa shape index (κ3) is 9.46. The second-order valence-corrected chi connectivity index (χ2v) is 9.36. The lowest BCUT2D eigenvalue weighted by molar-refractivity contribution is -0.146. The van der Waals surface area contributed by atoms with E-state index in [-0.39, 0.29) is 38.5 Å². The van der Waals surface area contributed by atoms with Crippen LogP contribution in [0.2, 0.25) is 0 Å². The Morgan fingerprint density at radius 2 is 0.778 bits per heavy atom. The SMILES string of the molecule is CCC[C@H](NC(=O)C1CC(C(=O)N[C@@H](CCC)C(=O)O)CC(C(=O)N[C@@H](CCC)C(=O)O)C1)C(=O)O. The Labute approximate surface area is 210 Å². The molecule has 0 aromatic heterocycles. The van der Waals surface area contributed by atoms with Crippen LogP contribution in [0.1, 0.15) is 78.6 Å². The molecule has 0 radical (unpaired) electrons. The van der Waals surface area contributed by atoms with Crippen molar-refractivity contribution in [1.82, 2.24) is 16.0 Å². The molecule has 0 aromatic carbocycles. The van der Waals surface area contributed by atoms with Crippen LogP contribution in [0.4, 0.5) is 0 Å². The smallest absolute Gasteiger partial charge is 0.326 e. The minimum atomic E-state index is -1.20. The van der Waals surface area contributed by atoms with E-state index in [0.29, 0.717) is 19.3 Å². The second kappa shape index (κ2) is 15.0. The third-order valence-corrected chi connectivity index (χ3v) is 6.40. The highest BCUT2D eigenvalue weighted by Crippen LogP contribution is 2.34. The Morgan fingerprint density at radius 3 is 0.944 bits per heavy atom. The van der Waals surface area contributed by atoms with Crippen LogP contribution >= 0.6 is 0 Å². The molecular weight excluding hydrogens is 474 g/mol. The van der Waals surface area contributed by atoms with Crippen molar-refractivity contribution in [3.8, 4) is 0 Å². The Morgan fingerprint density at radius 1 is 0.556 bits per heavy atom. The van der Waals surface area contributed by atoms with Crippen LogP contribution in [-0.2, 0) is 28.8 Å². The largest absolute Gasteiger partial charge is 0.480 e. The molecule has 12 nitrogen and oxygen atoms in total. The maximum absolute atomic E-state index is 13.0. The zero-order valence-electron chi connectivity index (χ0n) is 21.1. The maximum Gasteiger partial charge on any atom is 0.326 e. The molecule has 6 N–H and O–H groups in total. The highest BCUT2D eigenvalue weighted by Gasteiger charge is 2.41. The van der Waals surface area contributed by atoms with E-state index in [0.717, 1.165) is 0 Å². The Hall–Kier alpha value is -3.18. The first-order chi connectivity index (χ1) is 16.9. The van der Waals surface area contributed by atoms with Gasteiger partial charge in [-0.3, -0.25) is 14.4 Å². The lowest BCUT2D eigenvalue weighted by atomic mass is 9.73. The van der Waals surface area contributed by atoms with Gasteiger partial charge in [-0.15, -0.1) is 0 Å². The second-order valence-electron chi connectivity index (χ2n) is 9.36. The summed E-state index contributed by atoms with van der Waals surface area (Å²) in [5.41, 5.74) is 0. The van der Waals surface area contributed by atoms with Gasteiger partial charge in [-0.05, 0) is 38.5 Å². The zero-order valence-corrected chi connectivity index (χ0v) is 21.1. The molecule has 0 unspecified atom stereocenters. The van der Waals surface area contributed by atoms with E-state index < -0.39 is 71.5 Å². The van der Waals surface area contributed by atoms with E-state index in [4.69, 9.17) is 0 Å². The molecule has 0 bridgehead atoms. The van der Waals surface area contributed by atoms with Gasteiger partial charge in [0.1, 0.15) is 18.1 Å². The summed E-state index contributed by atoms with van der Waals surface area (Å²) in [5.74, 6) is -8.07. The first-order valence-corrected chi connectivity index (χ1v) is 12.5. The highest BCUT2D eigenvalue weighted by atomic mass is 16.4. The molecule has 12 heteroatoms. The summed E-state index contributed by atoms with van der Waals surface area (Å²) in [6.45, 7) is 5.31. The van der Waals surface area contributed by atoms with Gasteiger partial charge in [0.05, 0.1) is 0 Å². The highest BCUT2D eigenvalue weighted by molar-refractivity contribution is 5.90. The average molecular weight is 514 g/mol. The number of hydrogen-bond donors (Lipinski definition) is 6. The first kappa shape index (κ1) is 30.9. The standard InChI is InChI=1S/C24H39N3O9/c1-4-7-16(22(31)32)25-19(28)13-10-14(20(29)26-17(8-5-2)23(33)34)12-15(11-13)21(30)27-18(9-6-3)24(35)36/h13-18H,4-12H2,1-3H3,(H,25,28)(H,26,29)(H,27,30)(H,31,32)(H,33,34)(H,35,36)/t13?,14?,15?,16-,17-,18-/m0/s1. The summed E-state index contributed by atoms with van der Waals surface area (Å²) in [6, 6.07) is -3.36. The number of nitrogens with one attached hydrogen (secondary N) is 3. The number of aliphatic carboxylic acids is 3. The van der Waals surface area contributed by atoms with Gasteiger partial charge in [0.2, 0.25) is 17.7 Å². The van der Waals surface area contributed by atoms with E-state index in [1.807, 2.05) is 0 Å². The van der Waals surface area contributed by atoms with Gasteiger partial charge in [-0.1, -0.05) is 40.0 Å². The van der Waals surface area contributed by atoms with E-state index in [1.165, 1.54) is 0 Å². The van der Waals surface area contributed by atoms with Crippen LogP contribution in [0.15, 0.2) is 0 Å². The van der Waals surface area contributed by atoms with Crippen molar-refractivity contribution in [2.75, 3.05) is 0 Å². The number of carboxylic acid groups (broad SMARTS) is 3. The van der Waals surface area contributed by atoms with E-state index in [1.54, 1.807) is 20.8 Å². The molecule has 1 rings (SSSR count). The molecule has 1 aliphatic carbocycles. The molecule has 1 fully saturated rings. The number of carbonyl (C=O) groups excluding carboxylic acids is 3. The third-order valence-electron chi connectivity index (χ3n) is 6.40. The molecule has 3 atom stereocenters. The first-order valence-electron chi connectivity index (χ1n) is 12.5. The topological polar surface area (TPSA) is 199 Å². The summed E-state index contributed by atoms with van der Waals surface area (Å²) < 4.78 is 0. The van der Waals surface area contributed by atoms with Gasteiger partial charge in [-0.25, -0.2) is 14.4 Å². The van der Waals surface area contributed by atoms with E-state index in [9.17, 15) is 44.1 Å². The number of carbonyl (C=O) groups is 6. The normalized spacial score (nSPS) is 21.9. The fourth-order valence-corrected chi connectivity index (χ4v) is 4.47. The van der Waals surface area contributed by atoms with Gasteiger partial charge in [0, 0.05) is 17.8 Å². The summed E-state index contributed by atoms with van der Waals surface area (Å²) in [4.78, 5) is 73.4. The lowest BCUT2D eigenvalue weighted by Crippen LogP contribution is -2.51. The fourth-order valence-electron chi connectivity index (χ4n) is 4.47. The molecular formula is C24H39N3O9. The van der Waals surface area contributed by atoms with E-state index in [2.05, 4.69) is 16.0 Å². The molecule has 1 saturated carbocycles. The number of amides is 3. The summed E-state index contributed by atoms with van der Waals surface area (Å²) in [5, 5.41) is 35.6. The fraction of sp³-hybridized carbons (Fsp3) is 0.750. The Kier molecular flexibility index (Phi) is 12.9.